The number of nitriles is 1. The van der Waals surface area contributed by atoms with Crippen LogP contribution in [-0.2, 0) is 11.3 Å². The lowest BCUT2D eigenvalue weighted by molar-refractivity contribution is -0.116. The number of aromatic nitrogens is 4. The molecule has 2 aromatic heterocycles. The molecule has 1 N–H and O–H groups in total. The summed E-state index contributed by atoms with van der Waals surface area (Å²) >= 11 is 0. The van der Waals surface area contributed by atoms with Crippen molar-refractivity contribution in [2.45, 2.75) is 6.54 Å². The summed E-state index contributed by atoms with van der Waals surface area (Å²) in [6.45, 7) is 0.0711. The van der Waals surface area contributed by atoms with E-state index in [1.807, 2.05) is 6.07 Å². The number of hydrogen-bond donors (Lipinski definition) is 1. The number of nitrogens with one attached hydrogen (secondary N) is 1. The molecule has 0 aliphatic rings. The molecule has 0 spiro atoms. The van der Waals surface area contributed by atoms with E-state index in [-0.39, 0.29) is 12.5 Å². The molecule has 2 aromatic rings. The third kappa shape index (κ3) is 2.85. The van der Waals surface area contributed by atoms with Crippen LogP contribution in [0.2, 0.25) is 0 Å². The summed E-state index contributed by atoms with van der Waals surface area (Å²) < 4.78 is 1.40. The molecule has 17 heavy (non-hydrogen) atoms. The minimum atomic E-state index is -0.257. The highest BCUT2D eigenvalue weighted by Gasteiger charge is 2.04. The Bertz CT molecular complexity index is 539. The summed E-state index contributed by atoms with van der Waals surface area (Å²) in [5, 5.41) is 15.0. The highest BCUT2D eigenvalue weighted by Crippen LogP contribution is 2.03. The number of amides is 1. The van der Waals surface area contributed by atoms with Gasteiger partial charge in [0.05, 0.1) is 5.56 Å². The highest BCUT2D eigenvalue weighted by molar-refractivity contribution is 5.89. The summed E-state index contributed by atoms with van der Waals surface area (Å²) in [5.41, 5.74) is 0.444. The van der Waals surface area contributed by atoms with Gasteiger partial charge in [0, 0.05) is 6.20 Å². The average molecular weight is 228 g/mol. The highest BCUT2D eigenvalue weighted by atomic mass is 16.2. The molecular weight excluding hydrogens is 220 g/mol. The maximum atomic E-state index is 11.5. The van der Waals surface area contributed by atoms with Crippen LogP contribution in [0.15, 0.2) is 31.0 Å². The first-order valence-corrected chi connectivity index (χ1v) is 4.76. The number of rotatable bonds is 3. The van der Waals surface area contributed by atoms with Gasteiger partial charge in [-0.3, -0.25) is 4.79 Å². The normalized spacial score (nSPS) is 9.59. The van der Waals surface area contributed by atoms with E-state index in [0.29, 0.717) is 11.4 Å². The molecule has 84 valence electrons. The van der Waals surface area contributed by atoms with Crippen molar-refractivity contribution in [3.05, 3.63) is 36.5 Å². The quantitative estimate of drug-likeness (QED) is 0.808. The van der Waals surface area contributed by atoms with Gasteiger partial charge in [-0.1, -0.05) is 0 Å². The lowest BCUT2D eigenvalue weighted by Gasteiger charge is -2.03. The van der Waals surface area contributed by atoms with Crippen molar-refractivity contribution in [2.24, 2.45) is 0 Å². The van der Waals surface area contributed by atoms with Crippen LogP contribution in [-0.4, -0.2) is 25.7 Å². The predicted octanol–water partition coefficient (Wildman–Crippen LogP) is 0.183. The molecule has 1 amide bonds. The van der Waals surface area contributed by atoms with Gasteiger partial charge >= 0.3 is 0 Å². The smallest absolute Gasteiger partial charge is 0.247 e. The molecule has 0 atom stereocenters. The Labute approximate surface area is 96.7 Å². The van der Waals surface area contributed by atoms with Gasteiger partial charge in [0.2, 0.25) is 5.91 Å². The molecule has 0 aliphatic heterocycles. The molecular formula is C10H8N6O. The Kier molecular flexibility index (Phi) is 3.07. The Morgan fingerprint density at radius 3 is 3.00 bits per heavy atom. The molecule has 0 unspecified atom stereocenters. The Morgan fingerprint density at radius 1 is 1.53 bits per heavy atom. The Balaban J connectivity index is 1.96. The van der Waals surface area contributed by atoms with Crippen LogP contribution >= 0.6 is 0 Å². The average Bonchev–Trinajstić information content (AvgIpc) is 2.82. The van der Waals surface area contributed by atoms with Crippen LogP contribution in [0, 0.1) is 11.3 Å². The van der Waals surface area contributed by atoms with Crippen molar-refractivity contribution in [3.63, 3.8) is 0 Å². The number of hydrogen-bond acceptors (Lipinski definition) is 5. The number of anilines is 1. The van der Waals surface area contributed by atoms with Crippen LogP contribution in [0.3, 0.4) is 0 Å². The molecule has 0 bridgehead atoms. The molecule has 0 aromatic carbocycles. The molecule has 0 saturated carbocycles. The molecule has 0 aliphatic carbocycles. The first kappa shape index (κ1) is 10.8. The van der Waals surface area contributed by atoms with Crippen molar-refractivity contribution in [3.8, 4) is 6.07 Å². The fourth-order valence-corrected chi connectivity index (χ4v) is 1.18. The first-order chi connectivity index (χ1) is 8.28. The second-order valence-corrected chi connectivity index (χ2v) is 3.19. The van der Waals surface area contributed by atoms with Gasteiger partial charge in [-0.05, 0) is 12.1 Å². The van der Waals surface area contributed by atoms with Crippen LogP contribution < -0.4 is 5.32 Å². The zero-order chi connectivity index (χ0) is 12.1. The monoisotopic (exact) mass is 228 g/mol. The van der Waals surface area contributed by atoms with Crippen molar-refractivity contribution >= 4 is 11.7 Å². The van der Waals surface area contributed by atoms with Crippen molar-refractivity contribution in [1.82, 2.24) is 19.7 Å². The number of carbonyl (C=O) groups excluding carboxylic acids is 1. The maximum absolute atomic E-state index is 11.5. The van der Waals surface area contributed by atoms with Gasteiger partial charge < -0.3 is 5.32 Å². The van der Waals surface area contributed by atoms with Crippen molar-refractivity contribution < 1.29 is 4.79 Å². The number of carbonyl (C=O) groups is 1. The zero-order valence-electron chi connectivity index (χ0n) is 8.74. The lowest BCUT2D eigenvalue weighted by atomic mass is 10.3. The van der Waals surface area contributed by atoms with E-state index in [1.165, 1.54) is 23.5 Å². The van der Waals surface area contributed by atoms with Gasteiger partial charge in [-0.2, -0.15) is 10.4 Å². The van der Waals surface area contributed by atoms with E-state index >= 15 is 0 Å². The summed E-state index contributed by atoms with van der Waals surface area (Å²) in [4.78, 5) is 19.2. The third-order valence-electron chi connectivity index (χ3n) is 1.93. The molecule has 0 saturated heterocycles. The summed E-state index contributed by atoms with van der Waals surface area (Å²) in [5.74, 6) is 0.141. The minimum Gasteiger partial charge on any atom is -0.309 e. The van der Waals surface area contributed by atoms with E-state index in [4.69, 9.17) is 5.26 Å². The van der Waals surface area contributed by atoms with Gasteiger partial charge in [-0.25, -0.2) is 14.6 Å². The topological polar surface area (TPSA) is 96.5 Å². The minimum absolute atomic E-state index is 0.0711. The number of pyridine rings is 1. The lowest BCUT2D eigenvalue weighted by Crippen LogP contribution is -2.19. The first-order valence-electron chi connectivity index (χ1n) is 4.76. The van der Waals surface area contributed by atoms with E-state index in [0.717, 1.165) is 0 Å². The molecule has 2 heterocycles. The van der Waals surface area contributed by atoms with E-state index in [9.17, 15) is 4.79 Å². The zero-order valence-corrected chi connectivity index (χ0v) is 8.74. The molecule has 2 rings (SSSR count). The molecule has 7 nitrogen and oxygen atoms in total. The van der Waals surface area contributed by atoms with E-state index in [2.05, 4.69) is 20.4 Å². The summed E-state index contributed by atoms with van der Waals surface area (Å²) in [7, 11) is 0. The number of nitrogens with zero attached hydrogens (tertiary/aromatic N) is 5. The fraction of sp³-hybridized carbons (Fsp3) is 0.100. The van der Waals surface area contributed by atoms with Crippen LogP contribution in [0.25, 0.3) is 0 Å². The molecule has 0 fully saturated rings. The van der Waals surface area contributed by atoms with E-state index < -0.39 is 0 Å². The SMILES string of the molecule is N#Cc1ccc(NC(=O)Cn2cncn2)nc1. The van der Waals surface area contributed by atoms with Crippen molar-refractivity contribution in [2.75, 3.05) is 5.32 Å². The fourth-order valence-electron chi connectivity index (χ4n) is 1.18. The van der Waals surface area contributed by atoms with Crippen molar-refractivity contribution in [1.29, 1.82) is 5.26 Å². The Morgan fingerprint density at radius 2 is 2.41 bits per heavy atom. The van der Waals surface area contributed by atoms with Crippen LogP contribution in [0.4, 0.5) is 5.82 Å². The van der Waals surface area contributed by atoms with E-state index in [1.54, 1.807) is 12.1 Å². The predicted molar refractivity (Wildman–Crippen MR) is 57.6 cm³/mol. The van der Waals surface area contributed by atoms with Crippen LogP contribution in [0.1, 0.15) is 5.56 Å². The van der Waals surface area contributed by atoms with Gasteiger partial charge in [0.15, 0.2) is 0 Å². The van der Waals surface area contributed by atoms with Gasteiger partial charge in [-0.15, -0.1) is 0 Å². The van der Waals surface area contributed by atoms with Gasteiger partial charge in [0.1, 0.15) is 31.1 Å². The molecule has 0 radical (unpaired) electrons. The largest absolute Gasteiger partial charge is 0.309 e. The van der Waals surface area contributed by atoms with Gasteiger partial charge in [0.25, 0.3) is 0 Å². The second kappa shape index (κ2) is 4.85. The second-order valence-electron chi connectivity index (χ2n) is 3.19. The molecule has 7 heteroatoms. The van der Waals surface area contributed by atoms with Crippen LogP contribution in [0.5, 0.6) is 0 Å². The third-order valence-corrected chi connectivity index (χ3v) is 1.93. The maximum Gasteiger partial charge on any atom is 0.247 e. The summed E-state index contributed by atoms with van der Waals surface area (Å²) in [6.07, 6.45) is 4.20. The summed E-state index contributed by atoms with van der Waals surface area (Å²) in [6, 6.07) is 5.09. The Hall–Kier alpha value is -2.75. The standard InChI is InChI=1S/C10H8N6O/c11-3-8-1-2-9(13-4-8)15-10(17)5-16-7-12-6-14-16/h1-2,4,6-7H,5H2,(H,13,15,17).